The van der Waals surface area contributed by atoms with Gasteiger partial charge in [0.05, 0.1) is 11.2 Å². The molecule has 2 nitrogen and oxygen atoms in total. The summed E-state index contributed by atoms with van der Waals surface area (Å²) in [6.07, 6.45) is 3.94. The van der Waals surface area contributed by atoms with E-state index in [2.05, 4.69) is 32.9 Å². The van der Waals surface area contributed by atoms with E-state index in [0.29, 0.717) is 0 Å². The van der Waals surface area contributed by atoms with Crippen molar-refractivity contribution in [3.8, 4) is 5.75 Å². The van der Waals surface area contributed by atoms with Crippen molar-refractivity contribution in [3.63, 3.8) is 0 Å². The Morgan fingerprint density at radius 3 is 2.50 bits per heavy atom. The van der Waals surface area contributed by atoms with Crippen molar-refractivity contribution in [3.05, 3.63) is 70.4 Å². The molecule has 1 N–H and O–H groups in total. The van der Waals surface area contributed by atoms with Gasteiger partial charge in [-0.2, -0.15) is 0 Å². The van der Waals surface area contributed by atoms with Gasteiger partial charge in [-0.1, -0.05) is 30.3 Å². The number of benzene rings is 2. The maximum Gasteiger partial charge on any atom is 0.116 e. The zero-order chi connectivity index (χ0) is 15.7. The van der Waals surface area contributed by atoms with Crippen LogP contribution in [-0.4, -0.2) is 10.1 Å². The molecule has 0 unspecified atom stereocenters. The van der Waals surface area contributed by atoms with Gasteiger partial charge < -0.3 is 5.11 Å². The van der Waals surface area contributed by atoms with Gasteiger partial charge in [0, 0.05) is 5.39 Å². The summed E-state index contributed by atoms with van der Waals surface area (Å²) in [5, 5.41) is 10.7. The van der Waals surface area contributed by atoms with E-state index >= 15 is 0 Å². The summed E-state index contributed by atoms with van der Waals surface area (Å²) in [4.78, 5) is 4.78. The fourth-order valence-electron chi connectivity index (χ4n) is 2.68. The molecule has 0 spiro atoms. The third-order valence-corrected chi connectivity index (χ3v) is 4.04. The van der Waals surface area contributed by atoms with E-state index in [1.54, 1.807) is 12.1 Å². The summed E-state index contributed by atoms with van der Waals surface area (Å²) >= 11 is 0. The average molecular weight is 289 g/mol. The van der Waals surface area contributed by atoms with E-state index < -0.39 is 0 Å². The highest BCUT2D eigenvalue weighted by atomic mass is 16.3. The van der Waals surface area contributed by atoms with Gasteiger partial charge in [0.25, 0.3) is 0 Å². The molecule has 3 aromatic rings. The Kier molecular flexibility index (Phi) is 3.68. The molecule has 0 radical (unpaired) electrons. The van der Waals surface area contributed by atoms with Crippen molar-refractivity contribution in [1.29, 1.82) is 0 Å². The highest BCUT2D eigenvalue weighted by molar-refractivity contribution is 5.87. The maximum absolute atomic E-state index is 9.50. The van der Waals surface area contributed by atoms with Crippen LogP contribution in [0.1, 0.15) is 27.9 Å². The molecule has 1 heterocycles. The summed E-state index contributed by atoms with van der Waals surface area (Å²) in [5.41, 5.74) is 6.70. The normalized spacial score (nSPS) is 11.4. The number of hydrogen-bond donors (Lipinski definition) is 1. The number of nitrogens with zero attached hydrogens (tertiary/aromatic N) is 1. The van der Waals surface area contributed by atoms with Gasteiger partial charge in [0.2, 0.25) is 0 Å². The molecule has 3 rings (SSSR count). The predicted molar refractivity (Wildman–Crippen MR) is 93.0 cm³/mol. The monoisotopic (exact) mass is 289 g/mol. The van der Waals surface area contributed by atoms with Crippen LogP contribution in [0, 0.1) is 20.8 Å². The topological polar surface area (TPSA) is 33.1 Å². The molecule has 0 aliphatic rings. The number of fused-ring (bicyclic) bond motifs is 1. The van der Waals surface area contributed by atoms with Crippen LogP contribution < -0.4 is 0 Å². The number of phenolic OH excluding ortho intramolecular Hbond substituents is 1. The Morgan fingerprint density at radius 1 is 0.909 bits per heavy atom. The minimum absolute atomic E-state index is 0.274. The Balaban J connectivity index is 2.04. The highest BCUT2D eigenvalue weighted by Crippen LogP contribution is 2.24. The number of phenols is 1. The molecule has 2 aromatic carbocycles. The molecular weight excluding hydrogens is 270 g/mol. The number of pyridine rings is 1. The lowest BCUT2D eigenvalue weighted by molar-refractivity contribution is 0.475. The second-order valence-corrected chi connectivity index (χ2v) is 5.70. The lowest BCUT2D eigenvalue weighted by atomic mass is 10.0. The number of aromatic nitrogens is 1. The van der Waals surface area contributed by atoms with Crippen molar-refractivity contribution in [1.82, 2.24) is 4.98 Å². The van der Waals surface area contributed by atoms with Crippen LogP contribution in [0.4, 0.5) is 0 Å². The number of aryl methyl sites for hydroxylation is 3. The molecule has 0 aliphatic carbocycles. The SMILES string of the molecule is Cc1cc(C)c2ccc(/C=C/c3cccc(O)c3)nc2c1C. The summed E-state index contributed by atoms with van der Waals surface area (Å²) in [7, 11) is 0. The second-order valence-electron chi connectivity index (χ2n) is 5.70. The molecule has 110 valence electrons. The largest absolute Gasteiger partial charge is 0.508 e. The van der Waals surface area contributed by atoms with Crippen LogP contribution >= 0.6 is 0 Å². The minimum atomic E-state index is 0.274. The van der Waals surface area contributed by atoms with Gasteiger partial charge in [0.15, 0.2) is 0 Å². The van der Waals surface area contributed by atoms with Gasteiger partial charge in [-0.3, -0.25) is 0 Å². The molecule has 0 saturated heterocycles. The van der Waals surface area contributed by atoms with Gasteiger partial charge in [0.1, 0.15) is 5.75 Å². The summed E-state index contributed by atoms with van der Waals surface area (Å²) in [5.74, 6) is 0.274. The molecule has 0 saturated carbocycles. The van der Waals surface area contributed by atoms with E-state index in [9.17, 15) is 5.11 Å². The number of aromatic hydroxyl groups is 1. The lowest BCUT2D eigenvalue weighted by Gasteiger charge is -2.09. The van der Waals surface area contributed by atoms with Crippen LogP contribution in [0.25, 0.3) is 23.1 Å². The van der Waals surface area contributed by atoms with Crippen LogP contribution in [0.2, 0.25) is 0 Å². The molecule has 0 fully saturated rings. The second kappa shape index (κ2) is 5.64. The van der Waals surface area contributed by atoms with Crippen LogP contribution in [-0.2, 0) is 0 Å². The first kappa shape index (κ1) is 14.3. The quantitative estimate of drug-likeness (QED) is 0.717. The van der Waals surface area contributed by atoms with E-state index in [1.165, 1.54) is 22.1 Å². The maximum atomic E-state index is 9.50. The molecule has 2 heteroatoms. The van der Waals surface area contributed by atoms with Crippen molar-refractivity contribution < 1.29 is 5.11 Å². The smallest absolute Gasteiger partial charge is 0.116 e. The Labute approximate surface area is 130 Å². The Morgan fingerprint density at radius 2 is 1.73 bits per heavy atom. The van der Waals surface area contributed by atoms with Gasteiger partial charge in [-0.15, -0.1) is 0 Å². The van der Waals surface area contributed by atoms with Crippen LogP contribution in [0.15, 0.2) is 42.5 Å². The van der Waals surface area contributed by atoms with Gasteiger partial charge in [-0.05, 0) is 67.3 Å². The van der Waals surface area contributed by atoms with Gasteiger partial charge >= 0.3 is 0 Å². The molecule has 0 amide bonds. The number of rotatable bonds is 2. The summed E-state index contributed by atoms with van der Waals surface area (Å²) < 4.78 is 0. The van der Waals surface area contributed by atoms with Crippen LogP contribution in [0.3, 0.4) is 0 Å². The van der Waals surface area contributed by atoms with Crippen molar-refractivity contribution in [2.45, 2.75) is 20.8 Å². The third-order valence-electron chi connectivity index (χ3n) is 4.04. The van der Waals surface area contributed by atoms with Crippen molar-refractivity contribution in [2.24, 2.45) is 0 Å². The molecule has 22 heavy (non-hydrogen) atoms. The first-order valence-electron chi connectivity index (χ1n) is 7.39. The molecule has 0 bridgehead atoms. The molecular formula is C20H19NO. The summed E-state index contributed by atoms with van der Waals surface area (Å²) in [6.45, 7) is 6.37. The molecule has 1 aromatic heterocycles. The number of hydrogen-bond acceptors (Lipinski definition) is 2. The Bertz CT molecular complexity index is 878. The minimum Gasteiger partial charge on any atom is -0.508 e. The predicted octanol–water partition coefficient (Wildman–Crippen LogP) is 5.04. The zero-order valence-electron chi connectivity index (χ0n) is 13.1. The van der Waals surface area contributed by atoms with Gasteiger partial charge in [-0.25, -0.2) is 4.98 Å². The van der Waals surface area contributed by atoms with E-state index in [-0.39, 0.29) is 5.75 Å². The fraction of sp³-hybridized carbons (Fsp3) is 0.150. The van der Waals surface area contributed by atoms with E-state index in [0.717, 1.165) is 16.8 Å². The van der Waals surface area contributed by atoms with Crippen molar-refractivity contribution in [2.75, 3.05) is 0 Å². The Hall–Kier alpha value is -2.61. The van der Waals surface area contributed by atoms with Crippen molar-refractivity contribution >= 4 is 23.1 Å². The third kappa shape index (κ3) is 2.73. The standard InChI is InChI=1S/C20H19NO/c1-13-11-14(2)19-10-9-17(21-20(19)15(13)3)8-7-16-5-4-6-18(22)12-16/h4-12,22H,1-3H3/b8-7+. The highest BCUT2D eigenvalue weighted by Gasteiger charge is 2.05. The molecule has 0 aliphatic heterocycles. The first-order chi connectivity index (χ1) is 10.5. The summed E-state index contributed by atoms with van der Waals surface area (Å²) in [6, 6.07) is 13.6. The van der Waals surface area contributed by atoms with E-state index in [1.807, 2.05) is 30.4 Å². The first-order valence-corrected chi connectivity index (χ1v) is 7.39. The fourth-order valence-corrected chi connectivity index (χ4v) is 2.68. The van der Waals surface area contributed by atoms with Crippen LogP contribution in [0.5, 0.6) is 5.75 Å². The lowest BCUT2D eigenvalue weighted by Crippen LogP contribution is -1.92. The zero-order valence-corrected chi connectivity index (χ0v) is 13.1. The van der Waals surface area contributed by atoms with E-state index in [4.69, 9.17) is 4.98 Å². The average Bonchev–Trinajstić information content (AvgIpc) is 2.50. The molecule has 0 atom stereocenters.